The molecule has 39 heavy (non-hydrogen) atoms. The van der Waals surface area contributed by atoms with Gasteiger partial charge in [0.2, 0.25) is 5.95 Å². The number of aromatic nitrogens is 2. The molecule has 1 N–H and O–H groups in total. The van der Waals surface area contributed by atoms with E-state index in [0.717, 1.165) is 47.8 Å². The summed E-state index contributed by atoms with van der Waals surface area (Å²) >= 11 is 6.13. The summed E-state index contributed by atoms with van der Waals surface area (Å²) in [5.74, 6) is 1.21. The lowest BCUT2D eigenvalue weighted by molar-refractivity contribution is 0.0949. The van der Waals surface area contributed by atoms with Crippen LogP contribution in [0.2, 0.25) is 5.02 Å². The first-order valence-corrected chi connectivity index (χ1v) is 13.7. The van der Waals surface area contributed by atoms with Crippen molar-refractivity contribution in [2.24, 2.45) is 0 Å². The molecular weight excluding hydrogens is 508 g/mol. The Morgan fingerprint density at radius 3 is 2.54 bits per heavy atom. The smallest absolute Gasteiger partial charge is 0.254 e. The molecule has 1 amide bonds. The second-order valence-electron chi connectivity index (χ2n) is 9.85. The fourth-order valence-corrected chi connectivity index (χ4v) is 5.35. The second kappa shape index (κ2) is 12.3. The summed E-state index contributed by atoms with van der Waals surface area (Å²) in [6.07, 6.45) is 5.18. The van der Waals surface area contributed by atoms with Gasteiger partial charge in [0, 0.05) is 29.9 Å². The van der Waals surface area contributed by atoms with E-state index in [9.17, 15) is 4.79 Å². The number of para-hydroxylation sites is 1. The molecule has 0 radical (unpaired) electrons. The Kier molecular flexibility index (Phi) is 8.42. The third-order valence-electron chi connectivity index (χ3n) is 7.39. The maximum absolute atomic E-state index is 13.4. The van der Waals surface area contributed by atoms with Crippen LogP contribution in [0.15, 0.2) is 79.0 Å². The number of aryl methyl sites for hydroxylation is 3. The molecule has 0 saturated carbocycles. The summed E-state index contributed by atoms with van der Waals surface area (Å²) in [5.41, 5.74) is 5.84. The number of carbonyl (C=O) groups excluding carboxylic acids is 1. The van der Waals surface area contributed by atoms with Gasteiger partial charge in [0.15, 0.2) is 0 Å². The first kappa shape index (κ1) is 26.7. The summed E-state index contributed by atoms with van der Waals surface area (Å²) in [4.78, 5) is 25.4. The minimum atomic E-state index is -0.192. The number of hydrogen-bond acceptors (Lipinski definition) is 5. The first-order valence-electron chi connectivity index (χ1n) is 13.4. The van der Waals surface area contributed by atoms with Gasteiger partial charge in [-0.05, 0) is 67.5 Å². The van der Waals surface area contributed by atoms with Gasteiger partial charge in [-0.3, -0.25) is 4.79 Å². The molecule has 6 nitrogen and oxygen atoms in total. The topological polar surface area (TPSA) is 67.3 Å². The van der Waals surface area contributed by atoms with Crippen LogP contribution in [-0.4, -0.2) is 29.5 Å². The number of nitrogens with zero attached hydrogens (tertiary/aromatic N) is 3. The van der Waals surface area contributed by atoms with Gasteiger partial charge in [0.1, 0.15) is 5.75 Å². The third-order valence-corrected chi connectivity index (χ3v) is 7.64. The van der Waals surface area contributed by atoms with Gasteiger partial charge in [-0.25, -0.2) is 9.97 Å². The molecule has 1 saturated heterocycles. The van der Waals surface area contributed by atoms with Gasteiger partial charge < -0.3 is 15.0 Å². The average Bonchev–Trinajstić information content (AvgIpc) is 3.46. The summed E-state index contributed by atoms with van der Waals surface area (Å²) in [6.45, 7) is 3.33. The number of carbonyl (C=O) groups is 1. The minimum absolute atomic E-state index is 0.178. The summed E-state index contributed by atoms with van der Waals surface area (Å²) in [5, 5.41) is 3.77. The molecule has 3 aromatic carbocycles. The van der Waals surface area contributed by atoms with Crippen LogP contribution in [0.3, 0.4) is 0 Å². The van der Waals surface area contributed by atoms with Crippen molar-refractivity contribution in [3.05, 3.63) is 118 Å². The lowest BCUT2D eigenvalue weighted by atomic mass is 10.0. The van der Waals surface area contributed by atoms with Gasteiger partial charge in [-0.1, -0.05) is 66.2 Å². The highest BCUT2D eigenvalue weighted by Gasteiger charge is 2.29. The van der Waals surface area contributed by atoms with E-state index < -0.39 is 0 Å². The number of amides is 1. The van der Waals surface area contributed by atoms with E-state index in [0.29, 0.717) is 24.5 Å². The molecule has 0 bridgehead atoms. The Morgan fingerprint density at radius 1 is 1.03 bits per heavy atom. The Hall–Kier alpha value is -3.90. The fraction of sp³-hybridized carbons (Fsp3) is 0.281. The molecule has 4 aromatic rings. The van der Waals surface area contributed by atoms with Gasteiger partial charge in [-0.2, -0.15) is 0 Å². The first-order chi connectivity index (χ1) is 19.0. The molecule has 2 heterocycles. The van der Waals surface area contributed by atoms with Crippen molar-refractivity contribution in [1.82, 2.24) is 15.3 Å². The van der Waals surface area contributed by atoms with E-state index in [1.807, 2.05) is 42.5 Å². The maximum atomic E-state index is 13.4. The zero-order valence-corrected chi connectivity index (χ0v) is 23.1. The lowest BCUT2D eigenvalue weighted by Gasteiger charge is -2.26. The highest BCUT2D eigenvalue weighted by Crippen LogP contribution is 2.35. The zero-order chi connectivity index (χ0) is 27.2. The number of rotatable bonds is 9. The largest absolute Gasteiger partial charge is 0.496 e. The molecule has 200 valence electrons. The molecule has 7 heteroatoms. The van der Waals surface area contributed by atoms with Crippen LogP contribution < -0.4 is 15.0 Å². The van der Waals surface area contributed by atoms with Gasteiger partial charge >= 0.3 is 0 Å². The van der Waals surface area contributed by atoms with Crippen LogP contribution in [0.1, 0.15) is 57.2 Å². The van der Waals surface area contributed by atoms with Crippen LogP contribution in [0.5, 0.6) is 5.75 Å². The lowest BCUT2D eigenvalue weighted by Crippen LogP contribution is -2.28. The van der Waals surface area contributed by atoms with Crippen LogP contribution in [-0.2, 0) is 19.4 Å². The molecular formula is C32H33ClN4O2. The van der Waals surface area contributed by atoms with E-state index in [1.54, 1.807) is 13.3 Å². The van der Waals surface area contributed by atoms with Crippen LogP contribution in [0.4, 0.5) is 5.95 Å². The number of anilines is 1. The predicted octanol–water partition coefficient (Wildman–Crippen LogP) is 6.50. The Balaban J connectivity index is 1.42. The molecule has 1 aliphatic heterocycles. The molecule has 1 unspecified atom stereocenters. The number of methoxy groups -OCH3 is 1. The van der Waals surface area contributed by atoms with Crippen molar-refractivity contribution in [3.63, 3.8) is 0 Å². The number of nitrogens with one attached hydrogen (secondary N) is 1. The highest BCUT2D eigenvalue weighted by molar-refractivity contribution is 6.30. The van der Waals surface area contributed by atoms with Gasteiger partial charge in [-0.15, -0.1) is 0 Å². The molecule has 0 aliphatic carbocycles. The van der Waals surface area contributed by atoms with Crippen molar-refractivity contribution >= 4 is 23.5 Å². The van der Waals surface area contributed by atoms with Crippen LogP contribution in [0.25, 0.3) is 0 Å². The number of ether oxygens (including phenoxy) is 1. The molecule has 1 aromatic heterocycles. The molecule has 1 fully saturated rings. The summed E-state index contributed by atoms with van der Waals surface area (Å²) < 4.78 is 5.44. The average molecular weight is 541 g/mol. The van der Waals surface area contributed by atoms with E-state index in [-0.39, 0.29) is 11.9 Å². The normalized spacial score (nSPS) is 14.8. The van der Waals surface area contributed by atoms with Crippen molar-refractivity contribution in [2.75, 3.05) is 18.6 Å². The second-order valence-corrected chi connectivity index (χ2v) is 10.3. The number of benzene rings is 3. The maximum Gasteiger partial charge on any atom is 0.254 e. The monoisotopic (exact) mass is 540 g/mol. The summed E-state index contributed by atoms with van der Waals surface area (Å²) in [6, 6.07) is 24.2. The van der Waals surface area contributed by atoms with E-state index in [2.05, 4.69) is 47.5 Å². The molecule has 0 spiro atoms. The van der Waals surface area contributed by atoms with E-state index in [4.69, 9.17) is 26.3 Å². The van der Waals surface area contributed by atoms with Crippen LogP contribution in [0, 0.1) is 6.92 Å². The van der Waals surface area contributed by atoms with Crippen LogP contribution >= 0.6 is 11.6 Å². The van der Waals surface area contributed by atoms with E-state index >= 15 is 0 Å². The quantitative estimate of drug-likeness (QED) is 0.262. The van der Waals surface area contributed by atoms with Crippen molar-refractivity contribution in [3.8, 4) is 5.75 Å². The summed E-state index contributed by atoms with van der Waals surface area (Å²) in [7, 11) is 1.63. The van der Waals surface area contributed by atoms with Gasteiger partial charge in [0.05, 0.1) is 24.4 Å². The van der Waals surface area contributed by atoms with Crippen molar-refractivity contribution in [2.45, 2.75) is 45.2 Å². The molecule has 1 aliphatic rings. The third kappa shape index (κ3) is 6.23. The van der Waals surface area contributed by atoms with Gasteiger partial charge in [0.25, 0.3) is 5.91 Å². The minimum Gasteiger partial charge on any atom is -0.496 e. The molecule has 5 rings (SSSR count). The Morgan fingerprint density at radius 2 is 1.77 bits per heavy atom. The Bertz CT molecular complexity index is 1440. The highest BCUT2D eigenvalue weighted by atomic mass is 35.5. The standard InChI is InChI=1S/C32H33ClN4O2/c1-22-8-3-4-9-23(22)15-18-28-27(31(38)34-20-25-10-5-6-12-30(25)39-2)21-35-32(36-28)37-19-7-11-29(37)24-13-16-26(33)17-14-24/h3-6,8-10,12-14,16-17,21,29H,7,11,15,18-20H2,1-2H3,(H,34,38). The number of hydrogen-bond donors (Lipinski definition) is 1. The zero-order valence-electron chi connectivity index (χ0n) is 22.4. The SMILES string of the molecule is COc1ccccc1CNC(=O)c1cnc(N2CCCC2c2ccc(Cl)cc2)nc1CCc1ccccc1C. The fourth-order valence-electron chi connectivity index (χ4n) is 5.23. The van der Waals surface area contributed by atoms with E-state index in [1.165, 1.54) is 16.7 Å². The number of halogens is 1. The predicted molar refractivity (Wildman–Crippen MR) is 156 cm³/mol. The Labute approximate surface area is 235 Å². The van der Waals surface area contributed by atoms with Crippen molar-refractivity contribution in [1.29, 1.82) is 0 Å². The van der Waals surface area contributed by atoms with Crippen molar-refractivity contribution < 1.29 is 9.53 Å². The molecule has 1 atom stereocenters.